The van der Waals surface area contributed by atoms with Gasteiger partial charge in [0.15, 0.2) is 0 Å². The molecule has 0 radical (unpaired) electrons. The molecule has 0 saturated heterocycles. The molecule has 1 heteroatoms. The van der Waals surface area contributed by atoms with E-state index in [2.05, 4.69) is 20.8 Å². The fourth-order valence-corrected chi connectivity index (χ4v) is 1.79. The largest absolute Gasteiger partial charge is 0.389 e. The average molecular weight is 154 g/mol. The molecule has 0 aromatic rings. The van der Waals surface area contributed by atoms with Crippen molar-refractivity contribution < 1.29 is 5.11 Å². The van der Waals surface area contributed by atoms with Crippen LogP contribution in [0.4, 0.5) is 0 Å². The molecule has 1 aliphatic carbocycles. The first-order valence-corrected chi connectivity index (χ1v) is 4.45. The highest BCUT2D eigenvalue weighted by molar-refractivity contribution is 5.16. The summed E-state index contributed by atoms with van der Waals surface area (Å²) in [5.41, 5.74) is 2.59. The Morgan fingerprint density at radius 2 is 2.09 bits per heavy atom. The predicted molar refractivity (Wildman–Crippen MR) is 47.4 cm³/mol. The minimum atomic E-state index is -0.149. The molecule has 0 spiro atoms. The summed E-state index contributed by atoms with van der Waals surface area (Å²) < 4.78 is 0. The average Bonchev–Trinajstić information content (AvgIpc) is 1.85. The summed E-state index contributed by atoms with van der Waals surface area (Å²) >= 11 is 0. The van der Waals surface area contributed by atoms with Crippen molar-refractivity contribution in [2.45, 2.75) is 46.1 Å². The molecule has 0 aromatic heterocycles. The van der Waals surface area contributed by atoms with Crippen molar-refractivity contribution >= 4 is 0 Å². The third kappa shape index (κ3) is 2.06. The molecule has 1 fully saturated rings. The molecular formula is C10H18O. The van der Waals surface area contributed by atoms with Crippen molar-refractivity contribution in [2.75, 3.05) is 0 Å². The molecule has 1 aliphatic rings. The summed E-state index contributed by atoms with van der Waals surface area (Å²) in [5, 5.41) is 9.65. The summed E-state index contributed by atoms with van der Waals surface area (Å²) in [4.78, 5) is 0. The zero-order valence-corrected chi connectivity index (χ0v) is 7.72. The number of allylic oxidation sites excluding steroid dienone is 1. The lowest BCUT2D eigenvalue weighted by Crippen LogP contribution is -2.21. The molecule has 0 amide bonds. The van der Waals surface area contributed by atoms with Gasteiger partial charge in [-0.15, -0.1) is 0 Å². The Bertz CT molecular complexity index is 166. The number of aliphatic hydroxyl groups is 1. The molecule has 0 aliphatic heterocycles. The van der Waals surface area contributed by atoms with Gasteiger partial charge in [-0.2, -0.15) is 0 Å². The molecule has 0 heterocycles. The van der Waals surface area contributed by atoms with Gasteiger partial charge in [-0.25, -0.2) is 0 Å². The van der Waals surface area contributed by atoms with Gasteiger partial charge >= 0.3 is 0 Å². The Kier molecular flexibility index (Phi) is 2.72. The fourth-order valence-electron chi connectivity index (χ4n) is 1.79. The smallest absolute Gasteiger partial charge is 0.0755 e. The maximum atomic E-state index is 9.65. The summed E-state index contributed by atoms with van der Waals surface area (Å²) in [6.45, 7) is 6.40. The monoisotopic (exact) mass is 154 g/mol. The lowest BCUT2D eigenvalue weighted by atomic mass is 9.83. The maximum Gasteiger partial charge on any atom is 0.0755 e. The van der Waals surface area contributed by atoms with Crippen LogP contribution in [0, 0.1) is 5.92 Å². The van der Waals surface area contributed by atoms with Crippen molar-refractivity contribution in [2.24, 2.45) is 5.92 Å². The van der Waals surface area contributed by atoms with E-state index in [4.69, 9.17) is 0 Å². The van der Waals surface area contributed by atoms with Gasteiger partial charge in [0.1, 0.15) is 0 Å². The number of rotatable bonds is 0. The predicted octanol–water partition coefficient (Wildman–Crippen LogP) is 2.50. The molecule has 0 bridgehead atoms. The van der Waals surface area contributed by atoms with Crippen LogP contribution in [0.15, 0.2) is 11.1 Å². The number of hydrogen-bond donors (Lipinski definition) is 1. The van der Waals surface area contributed by atoms with Crippen LogP contribution in [0.3, 0.4) is 0 Å². The highest BCUT2D eigenvalue weighted by Gasteiger charge is 2.21. The van der Waals surface area contributed by atoms with E-state index < -0.39 is 0 Å². The van der Waals surface area contributed by atoms with Crippen LogP contribution in [0.1, 0.15) is 40.0 Å². The Morgan fingerprint density at radius 3 is 2.55 bits per heavy atom. The Hall–Kier alpha value is -0.300. The van der Waals surface area contributed by atoms with Gasteiger partial charge in [0.2, 0.25) is 0 Å². The van der Waals surface area contributed by atoms with E-state index in [0.29, 0.717) is 5.92 Å². The highest BCUT2D eigenvalue weighted by Crippen LogP contribution is 2.29. The minimum absolute atomic E-state index is 0.149. The normalized spacial score (nSPS) is 32.2. The van der Waals surface area contributed by atoms with E-state index in [1.807, 2.05) is 0 Å². The third-order valence-corrected chi connectivity index (χ3v) is 2.58. The molecule has 11 heavy (non-hydrogen) atoms. The van der Waals surface area contributed by atoms with E-state index in [1.54, 1.807) is 0 Å². The van der Waals surface area contributed by atoms with Crippen LogP contribution < -0.4 is 0 Å². The van der Waals surface area contributed by atoms with Gasteiger partial charge in [0.05, 0.1) is 6.10 Å². The van der Waals surface area contributed by atoms with E-state index in [9.17, 15) is 5.11 Å². The molecule has 1 nitrogen and oxygen atoms in total. The van der Waals surface area contributed by atoms with E-state index in [-0.39, 0.29) is 6.10 Å². The van der Waals surface area contributed by atoms with Crippen molar-refractivity contribution in [3.63, 3.8) is 0 Å². The second-order valence-electron chi connectivity index (χ2n) is 3.92. The topological polar surface area (TPSA) is 20.2 Å². The van der Waals surface area contributed by atoms with Gasteiger partial charge in [-0.3, -0.25) is 0 Å². The highest BCUT2D eigenvalue weighted by atomic mass is 16.3. The molecule has 1 rings (SSSR count). The first-order chi connectivity index (χ1) is 5.11. The van der Waals surface area contributed by atoms with Crippen LogP contribution >= 0.6 is 0 Å². The maximum absolute atomic E-state index is 9.65. The zero-order chi connectivity index (χ0) is 8.43. The first-order valence-electron chi connectivity index (χ1n) is 4.45. The van der Waals surface area contributed by atoms with Gasteiger partial charge in [0, 0.05) is 0 Å². The summed E-state index contributed by atoms with van der Waals surface area (Å²) in [7, 11) is 0. The first kappa shape index (κ1) is 8.79. The van der Waals surface area contributed by atoms with Gasteiger partial charge in [0.25, 0.3) is 0 Å². The van der Waals surface area contributed by atoms with Crippen LogP contribution in [0.5, 0.6) is 0 Å². The Balaban J connectivity index is 2.65. The number of hydrogen-bond acceptors (Lipinski definition) is 1. The van der Waals surface area contributed by atoms with E-state index >= 15 is 0 Å². The SMILES string of the molecule is CC(C)=C1CCC(C)C[C@H]1O. The lowest BCUT2D eigenvalue weighted by molar-refractivity contribution is 0.152. The van der Waals surface area contributed by atoms with Gasteiger partial charge in [-0.05, 0) is 44.6 Å². The lowest BCUT2D eigenvalue weighted by Gasteiger charge is -2.26. The summed E-state index contributed by atoms with van der Waals surface area (Å²) in [6.07, 6.45) is 3.16. The second-order valence-corrected chi connectivity index (χ2v) is 3.92. The van der Waals surface area contributed by atoms with Crippen LogP contribution in [0.25, 0.3) is 0 Å². The fraction of sp³-hybridized carbons (Fsp3) is 0.800. The molecular weight excluding hydrogens is 136 g/mol. The Labute approximate surface area is 69.1 Å². The second kappa shape index (κ2) is 3.40. The van der Waals surface area contributed by atoms with Crippen molar-refractivity contribution in [3.05, 3.63) is 11.1 Å². The Morgan fingerprint density at radius 1 is 1.45 bits per heavy atom. The zero-order valence-electron chi connectivity index (χ0n) is 7.72. The van der Waals surface area contributed by atoms with Crippen molar-refractivity contribution in [1.29, 1.82) is 0 Å². The number of aliphatic hydroxyl groups excluding tert-OH is 1. The molecule has 2 atom stereocenters. The quantitative estimate of drug-likeness (QED) is 0.531. The molecule has 1 saturated carbocycles. The van der Waals surface area contributed by atoms with E-state index in [0.717, 1.165) is 12.8 Å². The van der Waals surface area contributed by atoms with Crippen LogP contribution in [0.2, 0.25) is 0 Å². The molecule has 0 aromatic carbocycles. The molecule has 1 unspecified atom stereocenters. The van der Waals surface area contributed by atoms with Crippen molar-refractivity contribution in [3.8, 4) is 0 Å². The standard InChI is InChI=1S/C10H18O/c1-7(2)9-5-4-8(3)6-10(9)11/h8,10-11H,4-6H2,1-3H3/t8?,10-/m1/s1. The van der Waals surface area contributed by atoms with Gasteiger partial charge < -0.3 is 5.11 Å². The summed E-state index contributed by atoms with van der Waals surface area (Å²) in [6, 6.07) is 0. The molecule has 1 N–H and O–H groups in total. The van der Waals surface area contributed by atoms with E-state index in [1.165, 1.54) is 17.6 Å². The van der Waals surface area contributed by atoms with Crippen molar-refractivity contribution in [1.82, 2.24) is 0 Å². The van der Waals surface area contributed by atoms with Gasteiger partial charge in [-0.1, -0.05) is 12.5 Å². The van der Waals surface area contributed by atoms with Crippen LogP contribution in [-0.2, 0) is 0 Å². The minimum Gasteiger partial charge on any atom is -0.389 e. The van der Waals surface area contributed by atoms with Crippen LogP contribution in [-0.4, -0.2) is 11.2 Å². The molecule has 64 valence electrons. The third-order valence-electron chi connectivity index (χ3n) is 2.58. The summed E-state index contributed by atoms with van der Waals surface area (Å²) in [5.74, 6) is 0.702.